The van der Waals surface area contributed by atoms with Crippen molar-refractivity contribution in [2.24, 2.45) is 0 Å². The van der Waals surface area contributed by atoms with E-state index in [1.807, 2.05) is 35.7 Å². The minimum absolute atomic E-state index is 0.0336. The standard InChI is InChI=1S/C14H21B3O7S/c15-8-9-6-10(16)7-11(17)14(9)24-13(19)3-1-2-12(18)23-4-5-25(20,21)22/h6-7H,1-5,8,15-17H2,(H,20,21,22). The Balaban J connectivity index is 2.42. The first kappa shape index (κ1) is 21.3. The first-order chi connectivity index (χ1) is 11.6. The van der Waals surface area contributed by atoms with Gasteiger partial charge in [-0.1, -0.05) is 23.9 Å². The highest BCUT2D eigenvalue weighted by Crippen LogP contribution is 2.15. The van der Waals surface area contributed by atoms with Gasteiger partial charge in [-0.25, -0.2) is 0 Å². The summed E-state index contributed by atoms with van der Waals surface area (Å²) in [5, 5.41) is 0. The Morgan fingerprint density at radius 3 is 2.36 bits per heavy atom. The minimum Gasteiger partial charge on any atom is -0.464 e. The molecule has 0 aromatic heterocycles. The molecular formula is C14H21B3O7S. The Labute approximate surface area is 150 Å². The first-order valence-electron chi connectivity index (χ1n) is 8.04. The molecule has 0 saturated carbocycles. The molecular weight excluding hydrogens is 345 g/mol. The number of hydrogen-bond donors (Lipinski definition) is 1. The van der Waals surface area contributed by atoms with E-state index in [4.69, 9.17) is 9.29 Å². The summed E-state index contributed by atoms with van der Waals surface area (Å²) in [5.41, 5.74) is 2.94. The molecule has 0 unspecified atom stereocenters. The van der Waals surface area contributed by atoms with Gasteiger partial charge in [0.05, 0.1) is 0 Å². The van der Waals surface area contributed by atoms with E-state index in [1.165, 1.54) is 0 Å². The van der Waals surface area contributed by atoms with E-state index in [1.54, 1.807) is 0 Å². The molecule has 1 rings (SSSR count). The van der Waals surface area contributed by atoms with Crippen LogP contribution in [0.2, 0.25) is 0 Å². The summed E-state index contributed by atoms with van der Waals surface area (Å²) in [7, 11) is 1.68. The number of esters is 2. The van der Waals surface area contributed by atoms with Crippen molar-refractivity contribution in [2.45, 2.75) is 25.6 Å². The maximum Gasteiger partial charge on any atom is 0.311 e. The van der Waals surface area contributed by atoms with E-state index in [0.29, 0.717) is 5.75 Å². The van der Waals surface area contributed by atoms with E-state index in [2.05, 4.69) is 4.74 Å². The van der Waals surface area contributed by atoms with Crippen molar-refractivity contribution in [2.75, 3.05) is 12.4 Å². The van der Waals surface area contributed by atoms with Crippen LogP contribution in [0.4, 0.5) is 0 Å². The molecule has 134 valence electrons. The zero-order valence-electron chi connectivity index (χ0n) is 14.7. The lowest BCUT2D eigenvalue weighted by Crippen LogP contribution is -2.22. The Morgan fingerprint density at radius 1 is 1.12 bits per heavy atom. The van der Waals surface area contributed by atoms with E-state index in [-0.39, 0.29) is 19.3 Å². The lowest BCUT2D eigenvalue weighted by molar-refractivity contribution is -0.143. The highest BCUT2D eigenvalue weighted by molar-refractivity contribution is 7.85. The number of benzene rings is 1. The van der Waals surface area contributed by atoms with Crippen LogP contribution in [0.25, 0.3) is 0 Å². The SMILES string of the molecule is BCc1cc(B)cc(B)c1OC(=O)CCCC(=O)OCCS(=O)(=O)O. The zero-order chi connectivity index (χ0) is 19.0. The Bertz CT molecular complexity index is 734. The van der Waals surface area contributed by atoms with Crippen LogP contribution in [0, 0.1) is 0 Å². The lowest BCUT2D eigenvalue weighted by atomic mass is 9.81. The van der Waals surface area contributed by atoms with Crippen LogP contribution in [0.1, 0.15) is 24.8 Å². The maximum atomic E-state index is 12.0. The van der Waals surface area contributed by atoms with Crippen LogP contribution in [0.15, 0.2) is 12.1 Å². The zero-order valence-corrected chi connectivity index (χ0v) is 15.5. The topological polar surface area (TPSA) is 107 Å². The van der Waals surface area contributed by atoms with Gasteiger partial charge >= 0.3 is 11.9 Å². The maximum absolute atomic E-state index is 12.0. The van der Waals surface area contributed by atoms with Crippen molar-refractivity contribution in [1.82, 2.24) is 0 Å². The van der Waals surface area contributed by atoms with Gasteiger partial charge in [-0.15, -0.1) is 0 Å². The summed E-state index contributed by atoms with van der Waals surface area (Å²) < 4.78 is 39.6. The van der Waals surface area contributed by atoms with Gasteiger partial charge in [0, 0.05) is 12.8 Å². The lowest BCUT2D eigenvalue weighted by Gasteiger charge is -2.13. The van der Waals surface area contributed by atoms with E-state index < -0.39 is 34.4 Å². The first-order valence-corrected chi connectivity index (χ1v) is 9.65. The Morgan fingerprint density at radius 2 is 1.76 bits per heavy atom. The monoisotopic (exact) mass is 366 g/mol. The van der Waals surface area contributed by atoms with E-state index in [9.17, 15) is 18.0 Å². The molecule has 0 fully saturated rings. The molecule has 0 heterocycles. The summed E-state index contributed by atoms with van der Waals surface area (Å²) in [6.07, 6.45) is 0.985. The number of rotatable bonds is 9. The van der Waals surface area contributed by atoms with Crippen LogP contribution in [0.5, 0.6) is 5.75 Å². The van der Waals surface area contributed by atoms with Gasteiger partial charge in [0.25, 0.3) is 10.1 Å². The fourth-order valence-corrected chi connectivity index (χ4v) is 2.62. The van der Waals surface area contributed by atoms with Gasteiger partial charge in [0.15, 0.2) is 0 Å². The van der Waals surface area contributed by atoms with Gasteiger partial charge in [-0.3, -0.25) is 14.1 Å². The molecule has 1 aromatic carbocycles. The number of carbonyl (C=O) groups is 2. The molecule has 0 spiro atoms. The van der Waals surface area contributed by atoms with Crippen molar-refractivity contribution in [3.63, 3.8) is 0 Å². The molecule has 1 aromatic rings. The molecule has 0 radical (unpaired) electrons. The predicted octanol–water partition coefficient (Wildman–Crippen LogP) is -3.16. The van der Waals surface area contributed by atoms with Crippen LogP contribution in [-0.4, -0.2) is 60.8 Å². The number of carbonyl (C=O) groups excluding carboxylic acids is 2. The van der Waals surface area contributed by atoms with Gasteiger partial charge in [0.1, 0.15) is 41.6 Å². The largest absolute Gasteiger partial charge is 0.464 e. The van der Waals surface area contributed by atoms with Crippen molar-refractivity contribution < 1.29 is 32.0 Å². The van der Waals surface area contributed by atoms with Crippen molar-refractivity contribution in [1.29, 1.82) is 0 Å². The molecule has 0 saturated heterocycles. The minimum atomic E-state index is -4.15. The second-order valence-corrected chi connectivity index (χ2v) is 7.33. The van der Waals surface area contributed by atoms with Crippen LogP contribution < -0.4 is 15.7 Å². The molecule has 11 heteroatoms. The van der Waals surface area contributed by atoms with Crippen LogP contribution in [-0.2, 0) is 30.8 Å². The fraction of sp³-hybridized carbons (Fsp3) is 0.429. The molecule has 0 bridgehead atoms. The Hall–Kier alpha value is -1.74. The third-order valence-corrected chi connectivity index (χ3v) is 4.14. The molecule has 0 aliphatic heterocycles. The summed E-state index contributed by atoms with van der Waals surface area (Å²) in [5.74, 6) is -1.15. The molecule has 25 heavy (non-hydrogen) atoms. The van der Waals surface area contributed by atoms with E-state index >= 15 is 0 Å². The van der Waals surface area contributed by atoms with Crippen molar-refractivity contribution in [3.8, 4) is 5.75 Å². The molecule has 0 atom stereocenters. The second kappa shape index (κ2) is 9.67. The molecule has 7 nitrogen and oxygen atoms in total. The fourth-order valence-electron chi connectivity index (χ4n) is 2.33. The summed E-state index contributed by atoms with van der Waals surface area (Å²) in [6.45, 7) is -0.412. The van der Waals surface area contributed by atoms with Gasteiger partial charge in [0.2, 0.25) is 0 Å². The van der Waals surface area contributed by atoms with Gasteiger partial charge in [-0.05, 0) is 17.4 Å². The van der Waals surface area contributed by atoms with Crippen molar-refractivity contribution >= 4 is 56.5 Å². The van der Waals surface area contributed by atoms with Gasteiger partial charge < -0.3 is 9.47 Å². The summed E-state index contributed by atoms with van der Waals surface area (Å²) in [4.78, 5) is 23.4. The van der Waals surface area contributed by atoms with Crippen LogP contribution in [0.3, 0.4) is 0 Å². The summed E-state index contributed by atoms with van der Waals surface area (Å²) >= 11 is 0. The quantitative estimate of drug-likeness (QED) is 0.213. The average Bonchev–Trinajstić information content (AvgIpc) is 2.48. The third-order valence-electron chi connectivity index (χ3n) is 3.46. The molecule has 0 aliphatic carbocycles. The number of ether oxygens (including phenoxy) is 2. The van der Waals surface area contributed by atoms with E-state index in [0.717, 1.165) is 22.8 Å². The molecule has 0 aliphatic rings. The third kappa shape index (κ3) is 8.26. The smallest absolute Gasteiger partial charge is 0.311 e. The van der Waals surface area contributed by atoms with Crippen LogP contribution >= 0.6 is 0 Å². The van der Waals surface area contributed by atoms with Crippen molar-refractivity contribution in [3.05, 3.63) is 17.7 Å². The molecule has 1 N–H and O–H groups in total. The molecule has 0 amide bonds. The Kier molecular flexibility index (Phi) is 8.24. The highest BCUT2D eigenvalue weighted by atomic mass is 32.2. The predicted molar refractivity (Wildman–Crippen MR) is 102 cm³/mol. The number of hydrogen-bond acceptors (Lipinski definition) is 6. The highest BCUT2D eigenvalue weighted by Gasteiger charge is 2.13. The van der Waals surface area contributed by atoms with Gasteiger partial charge in [-0.2, -0.15) is 8.42 Å². The normalized spacial score (nSPS) is 11.1. The second-order valence-electron chi connectivity index (χ2n) is 5.76. The average molecular weight is 366 g/mol. The summed E-state index contributed by atoms with van der Waals surface area (Å²) in [6, 6.07) is 3.91.